The second-order valence-corrected chi connectivity index (χ2v) is 4.54. The van der Waals surface area contributed by atoms with E-state index >= 15 is 0 Å². The first-order valence-electron chi connectivity index (χ1n) is 6.46. The number of likely N-dealkylation sites (N-methyl/N-ethyl adjacent to an activating group) is 1. The normalized spacial score (nSPS) is 10.9. The van der Waals surface area contributed by atoms with Crippen molar-refractivity contribution in [2.75, 3.05) is 25.0 Å². The van der Waals surface area contributed by atoms with Crippen LogP contribution in [0, 0.1) is 0 Å². The van der Waals surface area contributed by atoms with E-state index in [1.54, 1.807) is 12.5 Å². The number of aromatic nitrogens is 4. The molecular weight excluding hydrogens is 252 g/mol. The van der Waals surface area contributed by atoms with E-state index in [0.717, 1.165) is 29.1 Å². The average molecular weight is 268 g/mol. The highest BCUT2D eigenvalue weighted by atomic mass is 15.3. The zero-order chi connectivity index (χ0) is 13.9. The molecule has 0 spiro atoms. The molecule has 0 atom stereocenters. The lowest BCUT2D eigenvalue weighted by molar-refractivity contribution is 0.868. The summed E-state index contributed by atoms with van der Waals surface area (Å²) in [7, 11) is 1.97. The van der Waals surface area contributed by atoms with Crippen LogP contribution in [-0.4, -0.2) is 39.9 Å². The molecule has 102 valence electrons. The van der Waals surface area contributed by atoms with Gasteiger partial charge in [0.25, 0.3) is 0 Å². The van der Waals surface area contributed by atoms with Crippen LogP contribution in [0.25, 0.3) is 16.7 Å². The van der Waals surface area contributed by atoms with Crippen LogP contribution in [0.4, 0.5) is 5.82 Å². The zero-order valence-corrected chi connectivity index (χ0v) is 11.3. The van der Waals surface area contributed by atoms with Gasteiger partial charge in [0.1, 0.15) is 12.1 Å². The summed E-state index contributed by atoms with van der Waals surface area (Å²) in [5, 5.41) is 5.35. The van der Waals surface area contributed by atoms with Gasteiger partial charge in [-0.15, -0.1) is 0 Å². The minimum Gasteiger partial charge on any atom is -0.358 e. The lowest BCUT2D eigenvalue weighted by atomic mass is 10.3. The fraction of sp³-hybridized carbons (Fsp3) is 0.214. The van der Waals surface area contributed by atoms with Gasteiger partial charge in [0.15, 0.2) is 5.65 Å². The summed E-state index contributed by atoms with van der Waals surface area (Å²) in [6, 6.07) is 9.93. The fourth-order valence-corrected chi connectivity index (χ4v) is 2.19. The minimum atomic E-state index is 0.578. The summed E-state index contributed by atoms with van der Waals surface area (Å²) in [5.41, 5.74) is 7.38. The molecule has 0 aliphatic heterocycles. The van der Waals surface area contributed by atoms with Gasteiger partial charge < -0.3 is 10.6 Å². The second-order valence-electron chi connectivity index (χ2n) is 4.54. The first-order valence-corrected chi connectivity index (χ1v) is 6.46. The summed E-state index contributed by atoms with van der Waals surface area (Å²) >= 11 is 0. The minimum absolute atomic E-state index is 0.578. The molecule has 6 heteroatoms. The SMILES string of the molecule is CN(CCN)c1ncnc2c1cnn2-c1ccccc1. The summed E-state index contributed by atoms with van der Waals surface area (Å²) in [4.78, 5) is 10.7. The number of nitrogens with two attached hydrogens (primary N) is 1. The maximum atomic E-state index is 5.60. The van der Waals surface area contributed by atoms with Crippen molar-refractivity contribution >= 4 is 16.9 Å². The zero-order valence-electron chi connectivity index (χ0n) is 11.3. The van der Waals surface area contributed by atoms with Crippen LogP contribution in [0.3, 0.4) is 0 Å². The molecular formula is C14H16N6. The molecule has 0 saturated heterocycles. The van der Waals surface area contributed by atoms with Gasteiger partial charge in [0, 0.05) is 20.1 Å². The largest absolute Gasteiger partial charge is 0.358 e. The first kappa shape index (κ1) is 12.6. The maximum Gasteiger partial charge on any atom is 0.168 e. The third-order valence-electron chi connectivity index (χ3n) is 3.17. The van der Waals surface area contributed by atoms with E-state index in [2.05, 4.69) is 15.1 Å². The summed E-state index contributed by atoms with van der Waals surface area (Å²) in [5.74, 6) is 0.850. The van der Waals surface area contributed by atoms with Crippen molar-refractivity contribution < 1.29 is 0 Å². The number of hydrogen-bond donors (Lipinski definition) is 1. The summed E-state index contributed by atoms with van der Waals surface area (Å²) < 4.78 is 1.82. The summed E-state index contributed by atoms with van der Waals surface area (Å²) in [6.07, 6.45) is 3.36. The molecule has 0 amide bonds. The smallest absolute Gasteiger partial charge is 0.168 e. The molecule has 3 aromatic rings. The number of anilines is 1. The number of nitrogens with zero attached hydrogens (tertiary/aromatic N) is 5. The quantitative estimate of drug-likeness (QED) is 0.770. The molecule has 0 saturated carbocycles. The molecule has 0 bridgehead atoms. The lowest BCUT2D eigenvalue weighted by Gasteiger charge is -2.17. The van der Waals surface area contributed by atoms with Crippen molar-refractivity contribution in [3.8, 4) is 5.69 Å². The molecule has 3 rings (SSSR count). The van der Waals surface area contributed by atoms with Crippen molar-refractivity contribution in [3.63, 3.8) is 0 Å². The first-order chi connectivity index (χ1) is 9.81. The van der Waals surface area contributed by atoms with Gasteiger partial charge in [-0.25, -0.2) is 14.6 Å². The Labute approximate surface area is 116 Å². The Kier molecular flexibility index (Phi) is 3.30. The van der Waals surface area contributed by atoms with Gasteiger partial charge in [-0.05, 0) is 12.1 Å². The third-order valence-corrected chi connectivity index (χ3v) is 3.17. The Balaban J connectivity index is 2.13. The standard InChI is InChI=1S/C14H16N6/c1-19(8-7-15)13-12-9-18-20(14(12)17-10-16-13)11-5-3-2-4-6-11/h2-6,9-10H,7-8,15H2,1H3. The van der Waals surface area contributed by atoms with Crippen molar-refractivity contribution in [1.29, 1.82) is 0 Å². The van der Waals surface area contributed by atoms with Gasteiger partial charge in [0.2, 0.25) is 0 Å². The van der Waals surface area contributed by atoms with Gasteiger partial charge >= 0.3 is 0 Å². The van der Waals surface area contributed by atoms with Crippen LogP contribution in [0.5, 0.6) is 0 Å². The fourth-order valence-electron chi connectivity index (χ4n) is 2.19. The number of rotatable bonds is 4. The Morgan fingerprint density at radius 3 is 2.75 bits per heavy atom. The van der Waals surface area contributed by atoms with Crippen molar-refractivity contribution in [3.05, 3.63) is 42.9 Å². The Morgan fingerprint density at radius 1 is 1.20 bits per heavy atom. The molecule has 6 nitrogen and oxygen atoms in total. The van der Waals surface area contributed by atoms with Crippen LogP contribution >= 0.6 is 0 Å². The molecule has 0 fully saturated rings. The molecule has 2 heterocycles. The second kappa shape index (κ2) is 5.26. The molecule has 1 aromatic carbocycles. The molecule has 0 unspecified atom stereocenters. The molecule has 20 heavy (non-hydrogen) atoms. The van der Waals surface area contributed by atoms with E-state index < -0.39 is 0 Å². The lowest BCUT2D eigenvalue weighted by Crippen LogP contribution is -2.25. The molecule has 2 N–H and O–H groups in total. The van der Waals surface area contributed by atoms with Crippen LogP contribution < -0.4 is 10.6 Å². The van der Waals surface area contributed by atoms with Crippen LogP contribution in [-0.2, 0) is 0 Å². The van der Waals surface area contributed by atoms with Crippen LogP contribution in [0.2, 0.25) is 0 Å². The van der Waals surface area contributed by atoms with E-state index in [1.165, 1.54) is 0 Å². The van der Waals surface area contributed by atoms with Gasteiger partial charge in [0.05, 0.1) is 17.3 Å². The topological polar surface area (TPSA) is 72.9 Å². The molecule has 2 aromatic heterocycles. The Hall–Kier alpha value is -2.47. The summed E-state index contributed by atoms with van der Waals surface area (Å²) in [6.45, 7) is 1.32. The predicted octanol–water partition coefficient (Wildman–Crippen LogP) is 1.21. The van der Waals surface area contributed by atoms with Crippen molar-refractivity contribution in [2.24, 2.45) is 5.73 Å². The van der Waals surface area contributed by atoms with Gasteiger partial charge in [-0.1, -0.05) is 18.2 Å². The van der Waals surface area contributed by atoms with E-state index in [-0.39, 0.29) is 0 Å². The number of benzene rings is 1. The highest BCUT2D eigenvalue weighted by Crippen LogP contribution is 2.23. The predicted molar refractivity (Wildman–Crippen MR) is 79.0 cm³/mol. The Morgan fingerprint density at radius 2 is 2.00 bits per heavy atom. The van der Waals surface area contributed by atoms with E-state index in [1.807, 2.05) is 47.0 Å². The van der Waals surface area contributed by atoms with Gasteiger partial charge in [-0.2, -0.15) is 5.10 Å². The Bertz CT molecular complexity index is 706. The van der Waals surface area contributed by atoms with Crippen LogP contribution in [0.1, 0.15) is 0 Å². The van der Waals surface area contributed by atoms with Crippen molar-refractivity contribution in [2.45, 2.75) is 0 Å². The highest BCUT2D eigenvalue weighted by Gasteiger charge is 2.13. The van der Waals surface area contributed by atoms with Gasteiger partial charge in [-0.3, -0.25) is 0 Å². The third kappa shape index (κ3) is 2.10. The number of fused-ring (bicyclic) bond motifs is 1. The molecule has 0 aliphatic carbocycles. The average Bonchev–Trinajstić information content (AvgIpc) is 2.92. The monoisotopic (exact) mass is 268 g/mol. The van der Waals surface area contributed by atoms with E-state index in [0.29, 0.717) is 6.54 Å². The van der Waals surface area contributed by atoms with E-state index in [9.17, 15) is 0 Å². The molecule has 0 aliphatic rings. The maximum absolute atomic E-state index is 5.60. The van der Waals surface area contributed by atoms with Crippen LogP contribution in [0.15, 0.2) is 42.9 Å². The highest BCUT2D eigenvalue weighted by molar-refractivity contribution is 5.87. The number of para-hydroxylation sites is 1. The van der Waals surface area contributed by atoms with E-state index in [4.69, 9.17) is 5.73 Å². The number of hydrogen-bond acceptors (Lipinski definition) is 5. The van der Waals surface area contributed by atoms with Crippen molar-refractivity contribution in [1.82, 2.24) is 19.7 Å². The molecule has 0 radical (unpaired) electrons.